The lowest BCUT2D eigenvalue weighted by atomic mass is 9.90. The zero-order chi connectivity index (χ0) is 15.5. The SMILES string of the molecule is CC1(C(=O)Nc2ccc(OC(F)F)c(F)c2)CCCCN1. The van der Waals surface area contributed by atoms with Gasteiger partial charge in [-0.05, 0) is 44.9 Å². The van der Waals surface area contributed by atoms with Gasteiger partial charge >= 0.3 is 6.61 Å². The van der Waals surface area contributed by atoms with E-state index in [9.17, 15) is 18.0 Å². The first kappa shape index (κ1) is 15.6. The molecule has 0 spiro atoms. The van der Waals surface area contributed by atoms with Crippen LogP contribution in [0.5, 0.6) is 5.75 Å². The predicted octanol–water partition coefficient (Wildman–Crippen LogP) is 2.90. The van der Waals surface area contributed by atoms with Crippen LogP contribution >= 0.6 is 0 Å². The normalized spacial score (nSPS) is 22.1. The predicted molar refractivity (Wildman–Crippen MR) is 71.9 cm³/mol. The summed E-state index contributed by atoms with van der Waals surface area (Å²) in [6, 6.07) is 3.35. The molecule has 1 heterocycles. The van der Waals surface area contributed by atoms with E-state index in [1.54, 1.807) is 6.92 Å². The lowest BCUT2D eigenvalue weighted by molar-refractivity contribution is -0.122. The fourth-order valence-electron chi connectivity index (χ4n) is 2.29. The molecule has 0 bridgehead atoms. The first-order chi connectivity index (χ1) is 9.90. The van der Waals surface area contributed by atoms with Gasteiger partial charge in [0.25, 0.3) is 0 Å². The monoisotopic (exact) mass is 302 g/mol. The molecule has 1 aliphatic heterocycles. The summed E-state index contributed by atoms with van der Waals surface area (Å²) in [5.74, 6) is -1.77. The fraction of sp³-hybridized carbons (Fsp3) is 0.500. The van der Waals surface area contributed by atoms with Crippen LogP contribution < -0.4 is 15.4 Å². The summed E-state index contributed by atoms with van der Waals surface area (Å²) < 4.78 is 41.7. The number of piperidine rings is 1. The molecular formula is C14H17F3N2O2. The Bertz CT molecular complexity index is 517. The first-order valence-corrected chi connectivity index (χ1v) is 6.71. The molecule has 4 nitrogen and oxygen atoms in total. The molecule has 0 aliphatic carbocycles. The molecule has 0 aromatic heterocycles. The van der Waals surface area contributed by atoms with Gasteiger partial charge in [-0.2, -0.15) is 8.78 Å². The van der Waals surface area contributed by atoms with Crippen molar-refractivity contribution in [2.45, 2.75) is 38.3 Å². The van der Waals surface area contributed by atoms with Crippen LogP contribution in [-0.4, -0.2) is 24.6 Å². The van der Waals surface area contributed by atoms with Crippen LogP contribution in [0.1, 0.15) is 26.2 Å². The van der Waals surface area contributed by atoms with E-state index in [0.29, 0.717) is 6.42 Å². The summed E-state index contributed by atoms with van der Waals surface area (Å²) in [7, 11) is 0. The molecular weight excluding hydrogens is 285 g/mol. The topological polar surface area (TPSA) is 50.4 Å². The summed E-state index contributed by atoms with van der Waals surface area (Å²) in [6.45, 7) is -0.559. The minimum absolute atomic E-state index is 0.202. The maximum absolute atomic E-state index is 13.6. The van der Waals surface area contributed by atoms with Crippen LogP contribution in [0.4, 0.5) is 18.9 Å². The third-order valence-electron chi connectivity index (χ3n) is 3.53. The second kappa shape index (κ2) is 6.34. The number of hydrogen-bond donors (Lipinski definition) is 2. The van der Waals surface area contributed by atoms with Gasteiger partial charge in [-0.1, -0.05) is 0 Å². The van der Waals surface area contributed by atoms with Gasteiger partial charge in [-0.25, -0.2) is 4.39 Å². The van der Waals surface area contributed by atoms with E-state index in [-0.39, 0.29) is 11.6 Å². The molecule has 7 heteroatoms. The van der Waals surface area contributed by atoms with Crippen LogP contribution in [0, 0.1) is 5.82 Å². The van der Waals surface area contributed by atoms with Crippen molar-refractivity contribution in [3.63, 3.8) is 0 Å². The number of carbonyl (C=O) groups excluding carboxylic acids is 1. The Morgan fingerprint density at radius 2 is 2.19 bits per heavy atom. The molecule has 1 aromatic rings. The molecule has 116 valence electrons. The first-order valence-electron chi connectivity index (χ1n) is 6.71. The third-order valence-corrected chi connectivity index (χ3v) is 3.53. The number of halogens is 3. The van der Waals surface area contributed by atoms with E-state index >= 15 is 0 Å². The van der Waals surface area contributed by atoms with Crippen molar-refractivity contribution in [3.05, 3.63) is 24.0 Å². The van der Waals surface area contributed by atoms with Crippen molar-refractivity contribution in [2.24, 2.45) is 0 Å². The fourth-order valence-corrected chi connectivity index (χ4v) is 2.29. The molecule has 1 fully saturated rings. The van der Waals surface area contributed by atoms with Crippen LogP contribution in [0.15, 0.2) is 18.2 Å². The van der Waals surface area contributed by atoms with E-state index in [1.165, 1.54) is 6.07 Å². The van der Waals surface area contributed by atoms with Gasteiger partial charge in [0, 0.05) is 11.8 Å². The van der Waals surface area contributed by atoms with Crippen molar-refractivity contribution < 1.29 is 22.7 Å². The smallest absolute Gasteiger partial charge is 0.387 e. The quantitative estimate of drug-likeness (QED) is 0.899. The number of alkyl halides is 2. The highest BCUT2D eigenvalue weighted by Gasteiger charge is 2.34. The minimum atomic E-state index is -3.09. The Morgan fingerprint density at radius 1 is 1.43 bits per heavy atom. The molecule has 1 aromatic carbocycles. The Kier molecular flexibility index (Phi) is 4.72. The summed E-state index contributed by atoms with van der Waals surface area (Å²) >= 11 is 0. The molecule has 1 saturated heterocycles. The average molecular weight is 302 g/mol. The summed E-state index contributed by atoms with van der Waals surface area (Å²) in [6.07, 6.45) is 2.64. The summed E-state index contributed by atoms with van der Waals surface area (Å²) in [5, 5.41) is 5.73. The van der Waals surface area contributed by atoms with Gasteiger partial charge in [0.15, 0.2) is 11.6 Å². The van der Waals surface area contributed by atoms with Crippen molar-refractivity contribution in [1.29, 1.82) is 0 Å². The highest BCUT2D eigenvalue weighted by Crippen LogP contribution is 2.25. The standard InChI is InChI=1S/C14H17F3N2O2/c1-14(6-2-3-7-18-14)12(20)19-9-4-5-11(10(15)8-9)21-13(16)17/h4-5,8,13,18H,2-3,6-7H2,1H3,(H,19,20). The van der Waals surface area contributed by atoms with E-state index < -0.39 is 23.7 Å². The molecule has 1 unspecified atom stereocenters. The number of amides is 1. The van der Waals surface area contributed by atoms with Crippen molar-refractivity contribution >= 4 is 11.6 Å². The van der Waals surface area contributed by atoms with Crippen molar-refractivity contribution in [1.82, 2.24) is 5.32 Å². The molecule has 1 atom stereocenters. The van der Waals surface area contributed by atoms with Crippen molar-refractivity contribution in [2.75, 3.05) is 11.9 Å². The van der Waals surface area contributed by atoms with Gasteiger partial charge in [0.05, 0.1) is 5.54 Å². The van der Waals surface area contributed by atoms with E-state index in [0.717, 1.165) is 31.5 Å². The van der Waals surface area contributed by atoms with Gasteiger partial charge in [-0.15, -0.1) is 0 Å². The molecule has 0 saturated carbocycles. The summed E-state index contributed by atoms with van der Waals surface area (Å²) in [4.78, 5) is 12.2. The number of rotatable bonds is 4. The molecule has 2 N–H and O–H groups in total. The van der Waals surface area contributed by atoms with Crippen LogP contribution in [0.3, 0.4) is 0 Å². The maximum Gasteiger partial charge on any atom is 0.387 e. The van der Waals surface area contributed by atoms with Gasteiger partial charge < -0.3 is 15.4 Å². The molecule has 2 rings (SSSR count). The lowest BCUT2D eigenvalue weighted by Gasteiger charge is -2.33. The lowest BCUT2D eigenvalue weighted by Crippen LogP contribution is -2.54. The second-order valence-electron chi connectivity index (χ2n) is 5.19. The highest BCUT2D eigenvalue weighted by molar-refractivity contribution is 5.97. The average Bonchev–Trinajstić information content (AvgIpc) is 2.42. The van der Waals surface area contributed by atoms with E-state index in [4.69, 9.17) is 0 Å². The van der Waals surface area contributed by atoms with Crippen LogP contribution in [-0.2, 0) is 4.79 Å². The number of carbonyl (C=O) groups is 1. The Hall–Kier alpha value is -1.76. The molecule has 21 heavy (non-hydrogen) atoms. The Morgan fingerprint density at radius 3 is 2.76 bits per heavy atom. The zero-order valence-electron chi connectivity index (χ0n) is 11.6. The van der Waals surface area contributed by atoms with E-state index in [2.05, 4.69) is 15.4 Å². The molecule has 1 aliphatic rings. The van der Waals surface area contributed by atoms with E-state index in [1.807, 2.05) is 0 Å². The largest absolute Gasteiger partial charge is 0.432 e. The number of nitrogens with one attached hydrogen (secondary N) is 2. The minimum Gasteiger partial charge on any atom is -0.432 e. The molecule has 1 amide bonds. The Labute approximate surface area is 120 Å². The van der Waals surface area contributed by atoms with Crippen molar-refractivity contribution in [3.8, 4) is 5.75 Å². The van der Waals surface area contributed by atoms with Gasteiger partial charge in [0.1, 0.15) is 0 Å². The maximum atomic E-state index is 13.6. The number of benzene rings is 1. The number of hydrogen-bond acceptors (Lipinski definition) is 3. The molecule has 0 radical (unpaired) electrons. The number of ether oxygens (including phenoxy) is 1. The second-order valence-corrected chi connectivity index (χ2v) is 5.19. The van der Waals surface area contributed by atoms with Crippen LogP contribution in [0.2, 0.25) is 0 Å². The number of anilines is 1. The van der Waals surface area contributed by atoms with Gasteiger partial charge in [0.2, 0.25) is 5.91 Å². The third kappa shape index (κ3) is 3.87. The van der Waals surface area contributed by atoms with Crippen LogP contribution in [0.25, 0.3) is 0 Å². The zero-order valence-corrected chi connectivity index (χ0v) is 11.6. The summed E-state index contributed by atoms with van der Waals surface area (Å²) in [5.41, 5.74) is -0.500. The highest BCUT2D eigenvalue weighted by atomic mass is 19.3. The van der Waals surface area contributed by atoms with Gasteiger partial charge in [-0.3, -0.25) is 4.79 Å². The Balaban J connectivity index is 2.05.